The van der Waals surface area contributed by atoms with Crippen molar-refractivity contribution in [3.05, 3.63) is 23.2 Å². The van der Waals surface area contributed by atoms with Crippen LogP contribution in [0.3, 0.4) is 0 Å². The molecule has 1 heterocycles. The van der Waals surface area contributed by atoms with Gasteiger partial charge in [-0.3, -0.25) is 9.59 Å². The summed E-state index contributed by atoms with van der Waals surface area (Å²) in [5.41, 5.74) is -0.644. The van der Waals surface area contributed by atoms with Crippen LogP contribution in [0.2, 0.25) is 0 Å². The van der Waals surface area contributed by atoms with E-state index in [1.165, 1.54) is 14.2 Å². The molecule has 0 bridgehead atoms. The van der Waals surface area contributed by atoms with E-state index in [1.54, 1.807) is 0 Å². The van der Waals surface area contributed by atoms with E-state index in [9.17, 15) is 14.7 Å². The molecule has 1 aliphatic heterocycles. The van der Waals surface area contributed by atoms with E-state index in [1.807, 2.05) is 19.9 Å². The van der Waals surface area contributed by atoms with Crippen LogP contribution in [0.4, 0.5) is 0 Å². The van der Waals surface area contributed by atoms with E-state index in [4.69, 9.17) is 14.2 Å². The first-order valence-electron chi connectivity index (χ1n) is 10.0. The minimum Gasteiger partial charge on any atom is -0.493 e. The monoisotopic (exact) mass is 390 g/mol. The van der Waals surface area contributed by atoms with Crippen molar-refractivity contribution in [2.45, 2.75) is 52.9 Å². The number of fused-ring (bicyclic) bond motifs is 2. The highest BCUT2D eigenvalue weighted by atomic mass is 16.6. The number of methoxy groups -OCH3 is 2. The largest absolute Gasteiger partial charge is 0.493 e. The zero-order chi connectivity index (χ0) is 20.6. The second-order valence-electron chi connectivity index (χ2n) is 9.30. The molecule has 0 aromatic heterocycles. The summed E-state index contributed by atoms with van der Waals surface area (Å²) in [7, 11) is 3.00. The van der Waals surface area contributed by atoms with Gasteiger partial charge < -0.3 is 19.3 Å². The van der Waals surface area contributed by atoms with Crippen molar-refractivity contribution >= 4 is 11.6 Å². The molecule has 0 spiro atoms. The van der Waals surface area contributed by atoms with Crippen LogP contribution >= 0.6 is 0 Å². The van der Waals surface area contributed by atoms with E-state index in [0.29, 0.717) is 24.4 Å². The Balaban J connectivity index is 1.97. The van der Waals surface area contributed by atoms with E-state index < -0.39 is 23.0 Å². The number of Topliss-reactive ketones (excluding diaryl/α,β-unsaturated/α-hetero) is 2. The Bertz CT molecular complexity index is 797. The molecule has 1 saturated carbocycles. The van der Waals surface area contributed by atoms with Crippen LogP contribution in [-0.2, 0) is 23.8 Å². The maximum atomic E-state index is 13.7. The van der Waals surface area contributed by atoms with Gasteiger partial charge in [-0.05, 0) is 42.7 Å². The third kappa shape index (κ3) is 2.16. The Hall–Kier alpha value is -1.66. The molecule has 4 aliphatic rings. The lowest BCUT2D eigenvalue weighted by atomic mass is 9.40. The Labute approximate surface area is 165 Å². The summed E-state index contributed by atoms with van der Waals surface area (Å²) in [6.45, 7) is 7.93. The van der Waals surface area contributed by atoms with Gasteiger partial charge in [-0.15, -0.1) is 0 Å². The highest BCUT2D eigenvalue weighted by molar-refractivity contribution is 6.07. The van der Waals surface area contributed by atoms with Gasteiger partial charge in [0.25, 0.3) is 0 Å². The smallest absolute Gasteiger partial charge is 0.203 e. The van der Waals surface area contributed by atoms with E-state index in [-0.39, 0.29) is 35.4 Å². The van der Waals surface area contributed by atoms with Crippen molar-refractivity contribution in [1.29, 1.82) is 0 Å². The molecule has 1 N–H and O–H groups in total. The molecule has 1 saturated heterocycles. The minimum atomic E-state index is -0.907. The molecule has 0 amide bonds. The van der Waals surface area contributed by atoms with Gasteiger partial charge >= 0.3 is 0 Å². The lowest BCUT2D eigenvalue weighted by molar-refractivity contribution is -0.272. The molecule has 8 atom stereocenters. The van der Waals surface area contributed by atoms with E-state index >= 15 is 0 Å². The SMILES string of the molecule is COC1=C[C@@H](C)[C@@H]2C[C@H]3OC(O)C[C@H]4C(C)=C(OC)C(=O)[C@H]([C@]2(C)C1=O)[C@]34C. The molecular weight excluding hydrogens is 360 g/mol. The van der Waals surface area contributed by atoms with Crippen LogP contribution in [0.5, 0.6) is 0 Å². The van der Waals surface area contributed by atoms with Crippen molar-refractivity contribution in [3.8, 4) is 0 Å². The summed E-state index contributed by atoms with van der Waals surface area (Å²) in [4.78, 5) is 27.3. The maximum absolute atomic E-state index is 13.7. The van der Waals surface area contributed by atoms with Crippen LogP contribution in [0.1, 0.15) is 40.5 Å². The minimum absolute atomic E-state index is 0.0501. The summed E-state index contributed by atoms with van der Waals surface area (Å²) < 4.78 is 16.9. The molecule has 1 unspecified atom stereocenters. The van der Waals surface area contributed by atoms with Gasteiger partial charge in [0, 0.05) is 23.2 Å². The number of aliphatic hydroxyl groups excluding tert-OH is 1. The predicted octanol–water partition coefficient (Wildman–Crippen LogP) is 2.61. The van der Waals surface area contributed by atoms with Crippen molar-refractivity contribution in [2.75, 3.05) is 14.2 Å². The van der Waals surface area contributed by atoms with Crippen molar-refractivity contribution in [1.82, 2.24) is 0 Å². The van der Waals surface area contributed by atoms with Gasteiger partial charge in [0.2, 0.25) is 11.6 Å². The molecule has 154 valence electrons. The molecule has 3 aliphatic carbocycles. The zero-order valence-electron chi connectivity index (χ0n) is 17.4. The number of hydrogen-bond acceptors (Lipinski definition) is 6. The number of ketones is 2. The standard InChI is InChI=1S/C22H30O6/c1-10-7-14(26-5)20(25)22(4)12(10)8-15-21(3)13(9-16(23)28-15)11(2)18(27-6)17(24)19(21)22/h7,10,12-13,15-16,19,23H,8-9H2,1-6H3/t10-,12+,13+,15-,16?,19+,21+,22-/m1/s1. The molecule has 0 aromatic carbocycles. The highest BCUT2D eigenvalue weighted by Gasteiger charge is 2.71. The third-order valence-corrected chi connectivity index (χ3v) is 8.22. The fourth-order valence-corrected chi connectivity index (χ4v) is 6.96. The number of aliphatic hydroxyl groups is 1. The molecular formula is C22H30O6. The lowest BCUT2D eigenvalue weighted by Crippen LogP contribution is -2.69. The molecule has 28 heavy (non-hydrogen) atoms. The molecule has 0 radical (unpaired) electrons. The molecule has 0 aromatic rings. The number of allylic oxidation sites excluding steroid dienone is 4. The summed E-state index contributed by atoms with van der Waals surface area (Å²) in [5, 5.41) is 10.4. The molecule has 2 fully saturated rings. The normalized spacial score (nSPS) is 47.9. The molecule has 6 nitrogen and oxygen atoms in total. The van der Waals surface area contributed by atoms with Crippen LogP contribution in [0, 0.1) is 34.5 Å². The van der Waals surface area contributed by atoms with Gasteiger partial charge in [0.05, 0.1) is 20.3 Å². The molecule has 4 rings (SSSR count). The average Bonchev–Trinajstić information content (AvgIpc) is 2.63. The van der Waals surface area contributed by atoms with Crippen molar-refractivity contribution < 1.29 is 28.9 Å². The second-order valence-corrected chi connectivity index (χ2v) is 9.30. The second kappa shape index (κ2) is 6.17. The summed E-state index contributed by atoms with van der Waals surface area (Å²) in [6, 6.07) is 0. The zero-order valence-corrected chi connectivity index (χ0v) is 17.4. The highest BCUT2D eigenvalue weighted by Crippen LogP contribution is 2.67. The fourth-order valence-electron chi connectivity index (χ4n) is 6.96. The summed E-state index contributed by atoms with van der Waals surface area (Å²) in [5.74, 6) is -0.284. The predicted molar refractivity (Wildman–Crippen MR) is 101 cm³/mol. The van der Waals surface area contributed by atoms with Crippen molar-refractivity contribution in [2.24, 2.45) is 34.5 Å². The van der Waals surface area contributed by atoms with Crippen molar-refractivity contribution in [3.63, 3.8) is 0 Å². The Morgan fingerprint density at radius 3 is 2.46 bits per heavy atom. The van der Waals surface area contributed by atoms with Crippen LogP contribution < -0.4 is 0 Å². The topological polar surface area (TPSA) is 82.1 Å². The van der Waals surface area contributed by atoms with Gasteiger partial charge in [-0.2, -0.15) is 0 Å². The number of hydrogen-bond donors (Lipinski definition) is 1. The Morgan fingerprint density at radius 2 is 1.86 bits per heavy atom. The maximum Gasteiger partial charge on any atom is 0.203 e. The first kappa shape index (κ1) is 19.6. The van der Waals surface area contributed by atoms with Gasteiger partial charge in [-0.25, -0.2) is 0 Å². The number of carbonyl (C=O) groups excluding carboxylic acids is 2. The van der Waals surface area contributed by atoms with Crippen LogP contribution in [0.25, 0.3) is 0 Å². The average molecular weight is 390 g/mol. The van der Waals surface area contributed by atoms with Crippen LogP contribution in [0.15, 0.2) is 23.2 Å². The van der Waals surface area contributed by atoms with E-state index in [0.717, 1.165) is 5.57 Å². The van der Waals surface area contributed by atoms with Gasteiger partial charge in [0.1, 0.15) is 0 Å². The van der Waals surface area contributed by atoms with Crippen LogP contribution in [-0.4, -0.2) is 43.3 Å². The van der Waals surface area contributed by atoms with E-state index in [2.05, 4.69) is 13.8 Å². The molecule has 6 heteroatoms. The Morgan fingerprint density at radius 1 is 1.18 bits per heavy atom. The summed E-state index contributed by atoms with van der Waals surface area (Å²) in [6.07, 6.45) is 1.70. The first-order chi connectivity index (χ1) is 13.1. The quantitative estimate of drug-likeness (QED) is 0.781. The lowest BCUT2D eigenvalue weighted by Gasteiger charge is -2.65. The first-order valence-corrected chi connectivity index (χ1v) is 10.0. The van der Waals surface area contributed by atoms with Gasteiger partial charge in [0.15, 0.2) is 17.8 Å². The van der Waals surface area contributed by atoms with Gasteiger partial charge in [-0.1, -0.05) is 20.8 Å². The Kier molecular flexibility index (Phi) is 4.33. The third-order valence-electron chi connectivity index (χ3n) is 8.22. The number of rotatable bonds is 2. The number of carbonyl (C=O) groups is 2. The number of ether oxygens (including phenoxy) is 3. The fraction of sp³-hybridized carbons (Fsp3) is 0.727. The summed E-state index contributed by atoms with van der Waals surface area (Å²) >= 11 is 0.